The number of unbranched alkanes of at least 4 members (excludes halogenated alkanes) is 1. The van der Waals surface area contributed by atoms with Crippen LogP contribution in [0.2, 0.25) is 0 Å². The lowest BCUT2D eigenvalue weighted by molar-refractivity contribution is 0.0797. The van der Waals surface area contributed by atoms with Gasteiger partial charge in [-0.05, 0) is 6.42 Å². The van der Waals surface area contributed by atoms with Crippen LogP contribution < -0.4 is 10.2 Å². The van der Waals surface area contributed by atoms with Crippen LogP contribution in [-0.4, -0.2) is 40.4 Å². The van der Waals surface area contributed by atoms with Crippen molar-refractivity contribution in [2.24, 2.45) is 0 Å². The summed E-state index contributed by atoms with van der Waals surface area (Å²) in [5.74, 6) is -0.00362. The SMILES string of the molecule is CCCCOc1c(C=O)n(CC(O)CO)ccc1=O. The number of pyridine rings is 1. The van der Waals surface area contributed by atoms with E-state index in [0.717, 1.165) is 12.8 Å². The second-order valence-corrected chi connectivity index (χ2v) is 4.20. The molecule has 0 aliphatic heterocycles. The molecule has 0 saturated carbocycles. The maximum atomic E-state index is 11.7. The lowest BCUT2D eigenvalue weighted by atomic mass is 10.2. The Bertz CT molecular complexity index is 469. The molecule has 1 unspecified atom stereocenters. The smallest absolute Gasteiger partial charge is 0.224 e. The van der Waals surface area contributed by atoms with Gasteiger partial charge in [-0.1, -0.05) is 13.3 Å². The van der Waals surface area contributed by atoms with Crippen LogP contribution in [0.3, 0.4) is 0 Å². The molecule has 0 aliphatic carbocycles. The first-order chi connectivity index (χ1) is 9.13. The van der Waals surface area contributed by atoms with Crippen molar-refractivity contribution < 1.29 is 19.7 Å². The molecule has 106 valence electrons. The van der Waals surface area contributed by atoms with Crippen LogP contribution in [0.25, 0.3) is 0 Å². The zero-order valence-electron chi connectivity index (χ0n) is 10.9. The van der Waals surface area contributed by atoms with Crippen molar-refractivity contribution in [3.8, 4) is 5.75 Å². The minimum Gasteiger partial charge on any atom is -0.487 e. The summed E-state index contributed by atoms with van der Waals surface area (Å²) in [6.45, 7) is 1.95. The van der Waals surface area contributed by atoms with E-state index in [1.54, 1.807) is 0 Å². The van der Waals surface area contributed by atoms with E-state index in [9.17, 15) is 14.7 Å². The molecule has 1 heterocycles. The molecule has 0 radical (unpaired) electrons. The van der Waals surface area contributed by atoms with Crippen molar-refractivity contribution in [3.63, 3.8) is 0 Å². The van der Waals surface area contributed by atoms with E-state index in [1.165, 1.54) is 16.8 Å². The highest BCUT2D eigenvalue weighted by molar-refractivity contribution is 5.76. The molecule has 0 amide bonds. The fourth-order valence-corrected chi connectivity index (χ4v) is 1.60. The molecule has 1 atom stereocenters. The molecule has 19 heavy (non-hydrogen) atoms. The van der Waals surface area contributed by atoms with Gasteiger partial charge in [-0.15, -0.1) is 0 Å². The fraction of sp³-hybridized carbons (Fsp3) is 0.538. The number of aldehydes is 1. The van der Waals surface area contributed by atoms with Crippen LogP contribution in [0, 0.1) is 0 Å². The highest BCUT2D eigenvalue weighted by atomic mass is 16.5. The van der Waals surface area contributed by atoms with Crippen LogP contribution >= 0.6 is 0 Å². The van der Waals surface area contributed by atoms with E-state index in [0.29, 0.717) is 12.9 Å². The molecule has 0 fully saturated rings. The quantitative estimate of drug-likeness (QED) is 0.519. The zero-order chi connectivity index (χ0) is 14.3. The largest absolute Gasteiger partial charge is 0.487 e. The zero-order valence-corrected chi connectivity index (χ0v) is 10.9. The summed E-state index contributed by atoms with van der Waals surface area (Å²) >= 11 is 0. The van der Waals surface area contributed by atoms with Crippen LogP contribution in [-0.2, 0) is 6.54 Å². The Labute approximate surface area is 111 Å². The molecule has 2 N–H and O–H groups in total. The first-order valence-corrected chi connectivity index (χ1v) is 6.24. The van der Waals surface area contributed by atoms with Gasteiger partial charge in [-0.2, -0.15) is 0 Å². The molecule has 1 rings (SSSR count). The van der Waals surface area contributed by atoms with Crippen molar-refractivity contribution in [2.75, 3.05) is 13.2 Å². The number of ether oxygens (including phenoxy) is 1. The van der Waals surface area contributed by atoms with Crippen molar-refractivity contribution in [3.05, 3.63) is 28.2 Å². The monoisotopic (exact) mass is 269 g/mol. The second-order valence-electron chi connectivity index (χ2n) is 4.20. The summed E-state index contributed by atoms with van der Waals surface area (Å²) in [6.07, 6.45) is 2.63. The average molecular weight is 269 g/mol. The van der Waals surface area contributed by atoms with Crippen LogP contribution in [0.15, 0.2) is 17.1 Å². The van der Waals surface area contributed by atoms with E-state index in [1.807, 2.05) is 6.92 Å². The minimum atomic E-state index is -0.996. The summed E-state index contributed by atoms with van der Waals surface area (Å²) < 4.78 is 6.75. The Balaban J connectivity index is 3.03. The maximum absolute atomic E-state index is 11.7. The van der Waals surface area contributed by atoms with Gasteiger partial charge in [-0.25, -0.2) is 0 Å². The first-order valence-electron chi connectivity index (χ1n) is 6.24. The van der Waals surface area contributed by atoms with Gasteiger partial charge in [0.25, 0.3) is 0 Å². The summed E-state index contributed by atoms with van der Waals surface area (Å²) in [6, 6.07) is 1.28. The second kappa shape index (κ2) is 7.70. The molecular weight excluding hydrogens is 250 g/mol. The number of aromatic nitrogens is 1. The summed E-state index contributed by atoms with van der Waals surface area (Å²) in [5, 5.41) is 18.2. The fourth-order valence-electron chi connectivity index (χ4n) is 1.60. The van der Waals surface area contributed by atoms with Gasteiger partial charge in [0.2, 0.25) is 5.43 Å². The van der Waals surface area contributed by atoms with Crippen molar-refractivity contribution in [1.82, 2.24) is 4.57 Å². The lowest BCUT2D eigenvalue weighted by Gasteiger charge is -2.15. The van der Waals surface area contributed by atoms with Crippen molar-refractivity contribution in [2.45, 2.75) is 32.4 Å². The minimum absolute atomic E-state index is 0.00362. The Morgan fingerprint density at radius 3 is 2.84 bits per heavy atom. The van der Waals surface area contributed by atoms with Gasteiger partial charge >= 0.3 is 0 Å². The van der Waals surface area contributed by atoms with Gasteiger partial charge in [-0.3, -0.25) is 9.59 Å². The Morgan fingerprint density at radius 1 is 1.53 bits per heavy atom. The van der Waals surface area contributed by atoms with E-state index >= 15 is 0 Å². The number of nitrogens with zero attached hydrogens (tertiary/aromatic N) is 1. The third-order valence-electron chi connectivity index (χ3n) is 2.65. The molecule has 1 aromatic heterocycles. The van der Waals surface area contributed by atoms with E-state index in [4.69, 9.17) is 9.84 Å². The highest BCUT2D eigenvalue weighted by Crippen LogP contribution is 2.12. The molecule has 6 heteroatoms. The normalized spacial score (nSPS) is 12.2. The Hall–Kier alpha value is -1.66. The predicted octanol–water partition coefficient (Wildman–Crippen LogP) is 0.193. The lowest BCUT2D eigenvalue weighted by Crippen LogP contribution is -2.24. The number of carbonyl (C=O) groups excluding carboxylic acids is 1. The maximum Gasteiger partial charge on any atom is 0.224 e. The number of hydrogen-bond acceptors (Lipinski definition) is 5. The molecule has 0 bridgehead atoms. The van der Waals surface area contributed by atoms with Crippen LogP contribution in [0.4, 0.5) is 0 Å². The van der Waals surface area contributed by atoms with Crippen LogP contribution in [0.1, 0.15) is 30.3 Å². The average Bonchev–Trinajstić information content (AvgIpc) is 2.42. The number of rotatable bonds is 8. The van der Waals surface area contributed by atoms with Gasteiger partial charge < -0.3 is 19.5 Å². The summed E-state index contributed by atoms with van der Waals surface area (Å²) in [4.78, 5) is 22.8. The highest BCUT2D eigenvalue weighted by Gasteiger charge is 2.14. The third kappa shape index (κ3) is 4.18. The summed E-state index contributed by atoms with van der Waals surface area (Å²) in [7, 11) is 0. The standard InChI is InChI=1S/C13H19NO5/c1-2-3-6-19-13-11(9-16)14(5-4-12(13)18)7-10(17)8-15/h4-5,9-10,15,17H,2-3,6-8H2,1H3. The number of carbonyl (C=O) groups is 1. The molecule has 0 aliphatic rings. The third-order valence-corrected chi connectivity index (χ3v) is 2.65. The number of aliphatic hydroxyl groups is 2. The number of hydrogen-bond donors (Lipinski definition) is 2. The van der Waals surface area contributed by atoms with Gasteiger partial charge in [0, 0.05) is 12.3 Å². The van der Waals surface area contributed by atoms with Gasteiger partial charge in [0.05, 0.1) is 25.9 Å². The van der Waals surface area contributed by atoms with Crippen molar-refractivity contribution >= 4 is 6.29 Å². The Morgan fingerprint density at radius 2 is 2.26 bits per heavy atom. The van der Waals surface area contributed by atoms with Crippen LogP contribution in [0.5, 0.6) is 5.75 Å². The van der Waals surface area contributed by atoms with Gasteiger partial charge in [0.1, 0.15) is 5.69 Å². The molecule has 1 aromatic rings. The van der Waals surface area contributed by atoms with Gasteiger partial charge in [0.15, 0.2) is 12.0 Å². The van der Waals surface area contributed by atoms with E-state index in [-0.39, 0.29) is 23.4 Å². The predicted molar refractivity (Wildman–Crippen MR) is 69.6 cm³/mol. The first kappa shape index (κ1) is 15.4. The molecular formula is C13H19NO5. The molecule has 0 aromatic carbocycles. The van der Waals surface area contributed by atoms with E-state index in [2.05, 4.69) is 0 Å². The molecule has 0 spiro atoms. The van der Waals surface area contributed by atoms with E-state index < -0.39 is 12.7 Å². The molecule has 6 nitrogen and oxygen atoms in total. The van der Waals surface area contributed by atoms with Crippen molar-refractivity contribution in [1.29, 1.82) is 0 Å². The topological polar surface area (TPSA) is 88.8 Å². The molecule has 0 saturated heterocycles. The number of aliphatic hydroxyl groups excluding tert-OH is 2. The Kier molecular flexibility index (Phi) is 6.24. The summed E-state index contributed by atoms with van der Waals surface area (Å²) in [5.41, 5.74) is -0.288.